The highest BCUT2D eigenvalue weighted by Crippen LogP contribution is 2.31. The van der Waals surface area contributed by atoms with Gasteiger partial charge in [-0.2, -0.15) is 4.98 Å². The van der Waals surface area contributed by atoms with Crippen molar-refractivity contribution in [1.82, 2.24) is 25.7 Å². The normalized spacial score (nSPS) is 25.7. The van der Waals surface area contributed by atoms with Crippen LogP contribution in [-0.2, 0) is 11.2 Å². The summed E-state index contributed by atoms with van der Waals surface area (Å²) in [6.07, 6.45) is 4.77. The van der Waals surface area contributed by atoms with E-state index in [1.807, 2.05) is 25.8 Å². The molecule has 1 aliphatic carbocycles. The minimum Gasteiger partial charge on any atom is -0.344 e. The second-order valence-corrected chi connectivity index (χ2v) is 7.10. The lowest BCUT2D eigenvalue weighted by atomic mass is 9.97. The molecule has 3 N–H and O–H groups in total. The van der Waals surface area contributed by atoms with Crippen molar-refractivity contribution in [2.24, 2.45) is 5.92 Å². The first-order valence-electron chi connectivity index (χ1n) is 8.77. The fourth-order valence-electron chi connectivity index (χ4n) is 4.09. The first kappa shape index (κ1) is 17.1. The average molecular weight is 333 g/mol. The number of likely N-dealkylation sites (N-methyl/N-ethyl adjacent to an activating group) is 1. The van der Waals surface area contributed by atoms with E-state index in [1.54, 1.807) is 0 Å². The van der Waals surface area contributed by atoms with E-state index < -0.39 is 0 Å². The summed E-state index contributed by atoms with van der Waals surface area (Å²) in [4.78, 5) is 32.3. The molecular weight excluding hydrogens is 306 g/mol. The third kappa shape index (κ3) is 3.52. The molecule has 0 spiro atoms. The van der Waals surface area contributed by atoms with Crippen LogP contribution in [0.4, 0.5) is 0 Å². The molecule has 0 bridgehead atoms. The molecule has 3 atom stereocenters. The Hall–Kier alpha value is -1.73. The van der Waals surface area contributed by atoms with Crippen LogP contribution in [0.15, 0.2) is 4.79 Å². The smallest absolute Gasteiger partial charge is 0.344 e. The van der Waals surface area contributed by atoms with Gasteiger partial charge in [0, 0.05) is 43.5 Å². The highest BCUT2D eigenvalue weighted by molar-refractivity contribution is 5.76. The Balaban J connectivity index is 1.54. The Bertz CT molecular complexity index is 645. The molecular formula is C17H27N5O2. The Morgan fingerprint density at radius 2 is 2.08 bits per heavy atom. The van der Waals surface area contributed by atoms with E-state index >= 15 is 0 Å². The molecule has 7 heteroatoms. The molecule has 1 saturated heterocycles. The number of aryl methyl sites for hydroxylation is 2. The second-order valence-electron chi connectivity index (χ2n) is 7.10. The van der Waals surface area contributed by atoms with E-state index in [0.717, 1.165) is 17.8 Å². The number of hydrogen-bond acceptors (Lipinski definition) is 5. The molecule has 1 aromatic heterocycles. The monoisotopic (exact) mass is 333 g/mol. The van der Waals surface area contributed by atoms with Gasteiger partial charge in [0.1, 0.15) is 0 Å². The van der Waals surface area contributed by atoms with Crippen LogP contribution in [-0.4, -0.2) is 46.5 Å². The molecule has 3 unspecified atom stereocenters. The maximum absolute atomic E-state index is 12.5. The summed E-state index contributed by atoms with van der Waals surface area (Å²) in [6.45, 7) is 4.41. The lowest BCUT2D eigenvalue weighted by Crippen LogP contribution is -2.43. The van der Waals surface area contributed by atoms with Gasteiger partial charge in [-0.15, -0.1) is 0 Å². The van der Waals surface area contributed by atoms with Gasteiger partial charge < -0.3 is 9.88 Å². The maximum Gasteiger partial charge on any atom is 0.345 e. The largest absolute Gasteiger partial charge is 0.345 e. The van der Waals surface area contributed by atoms with Crippen LogP contribution in [0.2, 0.25) is 0 Å². The third-order valence-electron chi connectivity index (χ3n) is 5.48. The van der Waals surface area contributed by atoms with Gasteiger partial charge in [0.15, 0.2) is 0 Å². The van der Waals surface area contributed by atoms with Crippen molar-refractivity contribution in [1.29, 1.82) is 0 Å². The molecule has 132 valence electrons. The molecule has 2 fully saturated rings. The van der Waals surface area contributed by atoms with E-state index in [4.69, 9.17) is 0 Å². The molecule has 1 amide bonds. The van der Waals surface area contributed by atoms with Gasteiger partial charge in [-0.05, 0) is 44.6 Å². The summed E-state index contributed by atoms with van der Waals surface area (Å²) in [5, 5.41) is 0. The SMILES string of the molecule is Cc1nc(=O)[nH]c(C)c1CCC(=O)N(C)CC1NNC2CCCC21. The quantitative estimate of drug-likeness (QED) is 0.727. The van der Waals surface area contributed by atoms with Crippen molar-refractivity contribution in [3.05, 3.63) is 27.4 Å². The molecule has 24 heavy (non-hydrogen) atoms. The molecule has 0 aromatic carbocycles. The first-order chi connectivity index (χ1) is 11.5. The van der Waals surface area contributed by atoms with Gasteiger partial charge in [-0.1, -0.05) is 6.42 Å². The fraction of sp³-hybridized carbons (Fsp3) is 0.706. The maximum atomic E-state index is 12.5. The van der Waals surface area contributed by atoms with Crippen LogP contribution in [0.25, 0.3) is 0 Å². The Kier molecular flexibility index (Phi) is 5.01. The Labute approximate surface area is 142 Å². The van der Waals surface area contributed by atoms with Crippen molar-refractivity contribution in [2.45, 2.75) is 58.0 Å². The zero-order valence-corrected chi connectivity index (χ0v) is 14.7. The zero-order valence-electron chi connectivity index (χ0n) is 14.7. The second kappa shape index (κ2) is 7.03. The van der Waals surface area contributed by atoms with E-state index in [2.05, 4.69) is 20.8 Å². The first-order valence-corrected chi connectivity index (χ1v) is 8.77. The Morgan fingerprint density at radius 3 is 2.83 bits per heavy atom. The van der Waals surface area contributed by atoms with Crippen molar-refractivity contribution >= 4 is 5.91 Å². The van der Waals surface area contributed by atoms with Crippen molar-refractivity contribution in [3.8, 4) is 0 Å². The number of H-pyrrole nitrogens is 1. The molecule has 2 heterocycles. The number of aromatic amines is 1. The number of amides is 1. The molecule has 1 saturated carbocycles. The number of nitrogens with zero attached hydrogens (tertiary/aromatic N) is 2. The summed E-state index contributed by atoms with van der Waals surface area (Å²) in [7, 11) is 1.87. The van der Waals surface area contributed by atoms with Gasteiger partial charge in [0.25, 0.3) is 0 Å². The number of fused-ring (bicyclic) bond motifs is 1. The van der Waals surface area contributed by atoms with Gasteiger partial charge >= 0.3 is 5.69 Å². The van der Waals surface area contributed by atoms with Gasteiger partial charge in [-0.25, -0.2) is 4.79 Å². The highest BCUT2D eigenvalue weighted by atomic mass is 16.2. The zero-order chi connectivity index (χ0) is 17.3. The predicted molar refractivity (Wildman–Crippen MR) is 91.5 cm³/mol. The number of rotatable bonds is 5. The number of carbonyl (C=O) groups excluding carboxylic acids is 1. The van der Waals surface area contributed by atoms with Crippen molar-refractivity contribution in [2.75, 3.05) is 13.6 Å². The summed E-state index contributed by atoms with van der Waals surface area (Å²) in [5.74, 6) is 0.761. The number of nitrogens with one attached hydrogen (secondary N) is 3. The van der Waals surface area contributed by atoms with Crippen LogP contribution >= 0.6 is 0 Å². The van der Waals surface area contributed by atoms with Crippen LogP contribution in [0.3, 0.4) is 0 Å². The number of aromatic nitrogens is 2. The standard InChI is InChI=1S/C17H27N5O2/c1-10-12(11(2)19-17(24)18-10)7-8-16(23)22(3)9-15-13-5-4-6-14(13)20-21-15/h13-15,20-21H,4-9H2,1-3H3,(H,18,19,24). The summed E-state index contributed by atoms with van der Waals surface area (Å²) >= 11 is 0. The summed E-state index contributed by atoms with van der Waals surface area (Å²) in [6, 6.07) is 0.903. The van der Waals surface area contributed by atoms with E-state index in [0.29, 0.717) is 36.5 Å². The lowest BCUT2D eigenvalue weighted by molar-refractivity contribution is -0.130. The molecule has 3 rings (SSSR count). The van der Waals surface area contributed by atoms with Crippen LogP contribution < -0.4 is 16.5 Å². The van der Waals surface area contributed by atoms with Gasteiger partial charge in [-0.3, -0.25) is 15.6 Å². The van der Waals surface area contributed by atoms with Crippen LogP contribution in [0.1, 0.15) is 42.6 Å². The molecule has 1 aliphatic heterocycles. The molecule has 1 aromatic rings. The van der Waals surface area contributed by atoms with Crippen LogP contribution in [0, 0.1) is 19.8 Å². The minimum atomic E-state index is -0.330. The van der Waals surface area contributed by atoms with Crippen LogP contribution in [0.5, 0.6) is 0 Å². The van der Waals surface area contributed by atoms with Gasteiger partial charge in [0.05, 0.1) is 0 Å². The fourth-order valence-corrected chi connectivity index (χ4v) is 4.09. The summed E-state index contributed by atoms with van der Waals surface area (Å²) < 4.78 is 0. The molecule has 7 nitrogen and oxygen atoms in total. The number of carbonyl (C=O) groups is 1. The number of hydrazine groups is 1. The van der Waals surface area contributed by atoms with Gasteiger partial charge in [0.2, 0.25) is 5.91 Å². The minimum absolute atomic E-state index is 0.128. The predicted octanol–water partition coefficient (Wildman–Crippen LogP) is 0.423. The van der Waals surface area contributed by atoms with E-state index in [9.17, 15) is 9.59 Å². The molecule has 2 aliphatic rings. The highest BCUT2D eigenvalue weighted by Gasteiger charge is 2.39. The number of hydrogen-bond donors (Lipinski definition) is 3. The molecule has 0 radical (unpaired) electrons. The van der Waals surface area contributed by atoms with E-state index in [1.165, 1.54) is 19.3 Å². The summed E-state index contributed by atoms with van der Waals surface area (Å²) in [5.41, 5.74) is 8.86. The average Bonchev–Trinajstić information content (AvgIpc) is 3.10. The topological polar surface area (TPSA) is 90.1 Å². The van der Waals surface area contributed by atoms with E-state index in [-0.39, 0.29) is 11.6 Å². The van der Waals surface area contributed by atoms with Crippen molar-refractivity contribution in [3.63, 3.8) is 0 Å². The Morgan fingerprint density at radius 1 is 1.29 bits per heavy atom. The van der Waals surface area contributed by atoms with Crippen molar-refractivity contribution < 1.29 is 4.79 Å². The third-order valence-corrected chi connectivity index (χ3v) is 5.48. The lowest BCUT2D eigenvalue weighted by Gasteiger charge is -2.24.